The van der Waals surface area contributed by atoms with Gasteiger partial charge in [-0.15, -0.1) is 0 Å². The van der Waals surface area contributed by atoms with Crippen LogP contribution < -0.4 is 0 Å². The lowest BCUT2D eigenvalue weighted by atomic mass is 9.74. The third-order valence-corrected chi connectivity index (χ3v) is 5.19. The van der Waals surface area contributed by atoms with Gasteiger partial charge >= 0.3 is 0 Å². The molecule has 0 rings (SSSR count). The van der Waals surface area contributed by atoms with Gasteiger partial charge < -0.3 is 0 Å². The van der Waals surface area contributed by atoms with E-state index < -0.39 is 0 Å². The summed E-state index contributed by atoms with van der Waals surface area (Å²) in [6.07, 6.45) is 17.1. The Morgan fingerprint density at radius 2 is 1.15 bits per heavy atom. The molecule has 0 saturated heterocycles. The maximum Gasteiger partial charge on any atom is -0.0360 e. The minimum absolute atomic E-state index is 0.943. The minimum Gasteiger partial charge on any atom is -0.0654 e. The van der Waals surface area contributed by atoms with Crippen LogP contribution in [0.5, 0.6) is 0 Å². The molecule has 3 unspecified atom stereocenters. The van der Waals surface area contributed by atoms with Gasteiger partial charge in [-0.05, 0) is 24.2 Å². The van der Waals surface area contributed by atoms with Crippen molar-refractivity contribution < 1.29 is 0 Å². The average Bonchev–Trinajstić information content (AvgIpc) is 2.46. The molecule has 0 amide bonds. The Labute approximate surface area is 130 Å². The van der Waals surface area contributed by atoms with Crippen molar-refractivity contribution in [1.29, 1.82) is 0 Å². The van der Waals surface area contributed by atoms with Crippen molar-refractivity contribution in [1.82, 2.24) is 0 Å². The lowest BCUT2D eigenvalue weighted by Gasteiger charge is -2.32. The van der Waals surface area contributed by atoms with E-state index in [4.69, 9.17) is 0 Å². The Morgan fingerprint density at radius 3 is 1.65 bits per heavy atom. The molecule has 3 atom stereocenters. The molecule has 0 radical (unpaired) electrons. The molecule has 122 valence electrons. The van der Waals surface area contributed by atoms with E-state index in [1.807, 2.05) is 0 Å². The van der Waals surface area contributed by atoms with E-state index in [0.717, 1.165) is 17.8 Å². The number of hydrogen-bond acceptors (Lipinski definition) is 0. The van der Waals surface area contributed by atoms with Gasteiger partial charge in [0.2, 0.25) is 0 Å². The molecule has 0 aliphatic carbocycles. The zero-order valence-corrected chi connectivity index (χ0v) is 15.2. The maximum atomic E-state index is 2.54. The van der Waals surface area contributed by atoms with Gasteiger partial charge in [0.05, 0.1) is 0 Å². The summed E-state index contributed by atoms with van der Waals surface area (Å²) >= 11 is 0. The van der Waals surface area contributed by atoms with Crippen LogP contribution in [0.25, 0.3) is 0 Å². The summed E-state index contributed by atoms with van der Waals surface area (Å²) in [5.41, 5.74) is 0. The molecule has 0 heteroatoms. The van der Waals surface area contributed by atoms with Gasteiger partial charge in [-0.3, -0.25) is 0 Å². The predicted octanol–water partition coefficient (Wildman–Crippen LogP) is 7.62. The van der Waals surface area contributed by atoms with Crippen LogP contribution in [0.2, 0.25) is 0 Å². The standard InChI is InChI=1S/C20H42/c1-6-10-13-16-19(9-4)20(17-14-11-7-2)18(5)15-12-8-3/h18-20H,6-17H2,1-5H3. The first-order chi connectivity index (χ1) is 9.71. The molecule has 0 aliphatic heterocycles. The highest BCUT2D eigenvalue weighted by Gasteiger charge is 2.24. The van der Waals surface area contributed by atoms with Crippen LogP contribution in [-0.2, 0) is 0 Å². The fraction of sp³-hybridized carbons (Fsp3) is 1.00. The SMILES string of the molecule is CCCCCC(CC)C(CCCCC)C(C)CCCC. The summed E-state index contributed by atoms with van der Waals surface area (Å²) in [6.45, 7) is 11.9. The van der Waals surface area contributed by atoms with E-state index in [0.29, 0.717) is 0 Å². The third kappa shape index (κ3) is 9.03. The molecule has 0 saturated carbocycles. The summed E-state index contributed by atoms with van der Waals surface area (Å²) in [7, 11) is 0. The number of rotatable bonds is 14. The Morgan fingerprint density at radius 1 is 0.600 bits per heavy atom. The van der Waals surface area contributed by atoms with Crippen LogP contribution in [0.4, 0.5) is 0 Å². The van der Waals surface area contributed by atoms with Crippen molar-refractivity contribution in [2.75, 3.05) is 0 Å². The molecule has 0 heterocycles. The van der Waals surface area contributed by atoms with E-state index >= 15 is 0 Å². The van der Waals surface area contributed by atoms with Gasteiger partial charge in [0.25, 0.3) is 0 Å². The second-order valence-electron chi connectivity index (χ2n) is 6.94. The minimum atomic E-state index is 0.943. The van der Waals surface area contributed by atoms with Gasteiger partial charge in [0.1, 0.15) is 0 Å². The molecule has 0 aromatic carbocycles. The lowest BCUT2D eigenvalue weighted by molar-refractivity contribution is 0.187. The molecule has 0 bridgehead atoms. The fourth-order valence-electron chi connectivity index (χ4n) is 3.73. The first-order valence-corrected chi connectivity index (χ1v) is 9.71. The van der Waals surface area contributed by atoms with Gasteiger partial charge in [-0.25, -0.2) is 0 Å². The van der Waals surface area contributed by atoms with E-state index in [2.05, 4.69) is 34.6 Å². The van der Waals surface area contributed by atoms with Gasteiger partial charge in [0, 0.05) is 0 Å². The molecule has 0 spiro atoms. The quantitative estimate of drug-likeness (QED) is 0.287. The molecule has 0 N–H and O–H groups in total. The average molecular weight is 283 g/mol. The van der Waals surface area contributed by atoms with Crippen molar-refractivity contribution in [2.45, 2.75) is 112 Å². The monoisotopic (exact) mass is 282 g/mol. The predicted molar refractivity (Wildman–Crippen MR) is 94.2 cm³/mol. The van der Waals surface area contributed by atoms with Gasteiger partial charge in [0.15, 0.2) is 0 Å². The Hall–Kier alpha value is 0. The first-order valence-electron chi connectivity index (χ1n) is 9.71. The molecular weight excluding hydrogens is 240 g/mol. The highest BCUT2D eigenvalue weighted by Crippen LogP contribution is 2.35. The molecule has 0 fully saturated rings. The van der Waals surface area contributed by atoms with Crippen LogP contribution >= 0.6 is 0 Å². The zero-order chi connectivity index (χ0) is 15.2. The van der Waals surface area contributed by atoms with Crippen molar-refractivity contribution >= 4 is 0 Å². The summed E-state index contributed by atoms with van der Waals surface area (Å²) in [5.74, 6) is 2.93. The van der Waals surface area contributed by atoms with E-state index in [-0.39, 0.29) is 0 Å². The Balaban J connectivity index is 4.41. The van der Waals surface area contributed by atoms with Crippen molar-refractivity contribution in [2.24, 2.45) is 17.8 Å². The largest absolute Gasteiger partial charge is 0.0654 e. The summed E-state index contributed by atoms with van der Waals surface area (Å²) < 4.78 is 0. The second-order valence-corrected chi connectivity index (χ2v) is 6.94. The van der Waals surface area contributed by atoms with Crippen molar-refractivity contribution in [3.8, 4) is 0 Å². The molecule has 0 nitrogen and oxygen atoms in total. The Kier molecular flexibility index (Phi) is 14.0. The Bertz CT molecular complexity index is 184. The van der Waals surface area contributed by atoms with Crippen molar-refractivity contribution in [3.05, 3.63) is 0 Å². The lowest BCUT2D eigenvalue weighted by Crippen LogP contribution is -2.22. The van der Waals surface area contributed by atoms with Crippen LogP contribution in [-0.4, -0.2) is 0 Å². The van der Waals surface area contributed by atoms with Gasteiger partial charge in [-0.1, -0.05) is 105 Å². The molecule has 0 aromatic rings. The first kappa shape index (κ1) is 20.0. The molecule has 0 aliphatic rings. The fourth-order valence-corrected chi connectivity index (χ4v) is 3.73. The summed E-state index contributed by atoms with van der Waals surface area (Å²) in [4.78, 5) is 0. The maximum absolute atomic E-state index is 2.54. The zero-order valence-electron chi connectivity index (χ0n) is 15.2. The smallest absolute Gasteiger partial charge is 0.0360 e. The van der Waals surface area contributed by atoms with Crippen LogP contribution in [0.15, 0.2) is 0 Å². The summed E-state index contributed by atoms with van der Waals surface area (Å²) in [5, 5.41) is 0. The van der Waals surface area contributed by atoms with E-state index in [9.17, 15) is 0 Å². The highest BCUT2D eigenvalue weighted by molar-refractivity contribution is 4.75. The number of hydrogen-bond donors (Lipinski definition) is 0. The van der Waals surface area contributed by atoms with E-state index in [1.165, 1.54) is 77.0 Å². The van der Waals surface area contributed by atoms with Crippen LogP contribution in [0.1, 0.15) is 112 Å². The number of unbranched alkanes of at least 4 members (excludes halogenated alkanes) is 5. The molecular formula is C20H42. The van der Waals surface area contributed by atoms with Gasteiger partial charge in [-0.2, -0.15) is 0 Å². The third-order valence-electron chi connectivity index (χ3n) is 5.19. The van der Waals surface area contributed by atoms with Crippen LogP contribution in [0, 0.1) is 17.8 Å². The van der Waals surface area contributed by atoms with Crippen LogP contribution in [0.3, 0.4) is 0 Å². The highest BCUT2D eigenvalue weighted by atomic mass is 14.3. The van der Waals surface area contributed by atoms with Crippen molar-refractivity contribution in [3.63, 3.8) is 0 Å². The van der Waals surface area contributed by atoms with E-state index in [1.54, 1.807) is 0 Å². The second kappa shape index (κ2) is 14.0. The normalized spacial score (nSPS) is 16.1. The molecule has 20 heavy (non-hydrogen) atoms. The topological polar surface area (TPSA) is 0 Å². The molecule has 0 aromatic heterocycles. The summed E-state index contributed by atoms with van der Waals surface area (Å²) in [6, 6.07) is 0.